The molecule has 0 spiro atoms. The average molecular weight is 388 g/mol. The van der Waals surface area contributed by atoms with Crippen LogP contribution < -0.4 is 16.4 Å². The average Bonchev–Trinajstić information content (AvgIpc) is 3.01. The van der Waals surface area contributed by atoms with Crippen molar-refractivity contribution in [3.8, 4) is 0 Å². The summed E-state index contributed by atoms with van der Waals surface area (Å²) in [6.45, 7) is 2.16. The van der Waals surface area contributed by atoms with Crippen molar-refractivity contribution in [3.63, 3.8) is 0 Å². The van der Waals surface area contributed by atoms with Gasteiger partial charge in [0.05, 0.1) is 12.1 Å². The topological polar surface area (TPSA) is 114 Å². The van der Waals surface area contributed by atoms with E-state index >= 15 is 0 Å². The first-order valence-electron chi connectivity index (χ1n) is 9.74. The van der Waals surface area contributed by atoms with Gasteiger partial charge in [0.15, 0.2) is 0 Å². The van der Waals surface area contributed by atoms with Crippen LogP contribution in [-0.2, 0) is 20.9 Å². The molecule has 1 aromatic rings. The molecule has 2 aliphatic rings. The highest BCUT2D eigenvalue weighted by molar-refractivity contribution is 5.87. The summed E-state index contributed by atoms with van der Waals surface area (Å²) in [5.41, 5.74) is 6.93. The van der Waals surface area contributed by atoms with E-state index in [4.69, 9.17) is 10.5 Å². The third kappa shape index (κ3) is 5.01. The molecule has 1 unspecified atom stereocenters. The number of amides is 3. The highest BCUT2D eigenvalue weighted by atomic mass is 16.5. The van der Waals surface area contributed by atoms with Gasteiger partial charge in [0.2, 0.25) is 11.8 Å². The summed E-state index contributed by atoms with van der Waals surface area (Å²) in [5.74, 6) is -0.262. The molecule has 2 fully saturated rings. The Kier molecular flexibility index (Phi) is 6.51. The van der Waals surface area contributed by atoms with E-state index in [0.29, 0.717) is 19.4 Å². The number of hydrogen-bond acceptors (Lipinski definition) is 5. The summed E-state index contributed by atoms with van der Waals surface area (Å²) in [7, 11) is 0. The van der Waals surface area contributed by atoms with Crippen LogP contribution in [0.25, 0.3) is 0 Å². The SMILES string of the molecule is CC(=O)N[C@@H]1C[C@H](N)CC[C@@H]1N1CCC(NC(=O)OCc2ccccc2)C1=O. The predicted molar refractivity (Wildman–Crippen MR) is 103 cm³/mol. The minimum Gasteiger partial charge on any atom is -0.445 e. The molecule has 1 aromatic carbocycles. The number of nitrogens with zero attached hydrogens (tertiary/aromatic N) is 1. The highest BCUT2D eigenvalue weighted by Gasteiger charge is 2.42. The molecule has 1 aliphatic heterocycles. The molecule has 152 valence electrons. The quantitative estimate of drug-likeness (QED) is 0.693. The zero-order valence-electron chi connectivity index (χ0n) is 16.1. The Hall–Kier alpha value is -2.61. The maximum atomic E-state index is 12.8. The molecule has 28 heavy (non-hydrogen) atoms. The van der Waals surface area contributed by atoms with Gasteiger partial charge in [-0.3, -0.25) is 9.59 Å². The molecule has 0 aromatic heterocycles. The summed E-state index contributed by atoms with van der Waals surface area (Å²) in [6, 6.07) is 8.54. The molecule has 0 radical (unpaired) electrons. The Labute approximate surface area is 164 Å². The standard InChI is InChI=1S/C20H28N4O4/c1-13(25)22-17-11-15(21)7-8-18(17)24-10-9-16(19(24)26)23-20(27)28-12-14-5-3-2-4-6-14/h2-6,15-18H,7-12,21H2,1H3,(H,22,25)(H,23,27)/t15-,16?,17-,18+/m1/s1. The Balaban J connectivity index is 1.54. The van der Waals surface area contributed by atoms with Crippen LogP contribution in [0, 0.1) is 0 Å². The zero-order chi connectivity index (χ0) is 20.1. The number of likely N-dealkylation sites (tertiary alicyclic amines) is 1. The molecule has 0 bridgehead atoms. The van der Waals surface area contributed by atoms with Crippen LogP contribution in [0.2, 0.25) is 0 Å². The summed E-state index contributed by atoms with van der Waals surface area (Å²) < 4.78 is 5.21. The second-order valence-corrected chi connectivity index (χ2v) is 7.53. The van der Waals surface area contributed by atoms with Crippen LogP contribution in [0.3, 0.4) is 0 Å². The highest BCUT2D eigenvalue weighted by Crippen LogP contribution is 2.27. The zero-order valence-corrected chi connectivity index (χ0v) is 16.1. The lowest BCUT2D eigenvalue weighted by atomic mass is 9.86. The molecule has 1 saturated heterocycles. The molecule has 3 rings (SSSR count). The van der Waals surface area contributed by atoms with Gasteiger partial charge in [-0.15, -0.1) is 0 Å². The van der Waals surface area contributed by atoms with Crippen molar-refractivity contribution < 1.29 is 19.1 Å². The first-order chi connectivity index (χ1) is 13.4. The van der Waals surface area contributed by atoms with Gasteiger partial charge >= 0.3 is 6.09 Å². The first kappa shape index (κ1) is 20.1. The van der Waals surface area contributed by atoms with Crippen molar-refractivity contribution in [1.29, 1.82) is 0 Å². The van der Waals surface area contributed by atoms with Gasteiger partial charge in [-0.05, 0) is 31.2 Å². The summed E-state index contributed by atoms with van der Waals surface area (Å²) >= 11 is 0. The molecule has 4 N–H and O–H groups in total. The third-order valence-corrected chi connectivity index (χ3v) is 5.39. The number of alkyl carbamates (subject to hydrolysis) is 1. The Bertz CT molecular complexity index is 711. The number of rotatable bonds is 5. The third-order valence-electron chi connectivity index (χ3n) is 5.39. The van der Waals surface area contributed by atoms with Crippen molar-refractivity contribution in [2.75, 3.05) is 6.54 Å². The van der Waals surface area contributed by atoms with Crippen molar-refractivity contribution >= 4 is 17.9 Å². The molecule has 8 nitrogen and oxygen atoms in total. The predicted octanol–water partition coefficient (Wildman–Crippen LogP) is 0.898. The van der Waals surface area contributed by atoms with Crippen molar-refractivity contribution in [3.05, 3.63) is 35.9 Å². The number of carbonyl (C=O) groups excluding carboxylic acids is 3. The van der Waals surface area contributed by atoms with Crippen LogP contribution in [0.4, 0.5) is 4.79 Å². The number of hydrogen-bond donors (Lipinski definition) is 3. The molecular weight excluding hydrogens is 360 g/mol. The molecule has 1 heterocycles. The van der Waals surface area contributed by atoms with Crippen molar-refractivity contribution in [2.45, 2.75) is 63.4 Å². The second-order valence-electron chi connectivity index (χ2n) is 7.53. The van der Waals surface area contributed by atoms with E-state index in [-0.39, 0.29) is 36.5 Å². The van der Waals surface area contributed by atoms with Gasteiger partial charge in [-0.25, -0.2) is 4.79 Å². The summed E-state index contributed by atoms with van der Waals surface area (Å²) in [5, 5.41) is 5.60. The lowest BCUT2D eigenvalue weighted by Gasteiger charge is -2.40. The van der Waals surface area contributed by atoms with Gasteiger partial charge in [0.1, 0.15) is 12.6 Å². The molecular formula is C20H28N4O4. The second kappa shape index (κ2) is 9.05. The Morgan fingerprint density at radius 1 is 1.18 bits per heavy atom. The van der Waals surface area contributed by atoms with E-state index in [1.54, 1.807) is 4.90 Å². The van der Waals surface area contributed by atoms with Gasteiger partial charge in [0, 0.05) is 19.5 Å². The number of ether oxygens (including phenoxy) is 1. The van der Waals surface area contributed by atoms with Gasteiger partial charge in [-0.2, -0.15) is 0 Å². The minimum atomic E-state index is -0.604. The monoisotopic (exact) mass is 388 g/mol. The van der Waals surface area contributed by atoms with Crippen LogP contribution in [0.15, 0.2) is 30.3 Å². The lowest BCUT2D eigenvalue weighted by molar-refractivity contribution is -0.133. The van der Waals surface area contributed by atoms with Crippen LogP contribution in [0.1, 0.15) is 38.2 Å². The minimum absolute atomic E-state index is 0.0210. The van der Waals surface area contributed by atoms with E-state index in [2.05, 4.69) is 10.6 Å². The van der Waals surface area contributed by atoms with Crippen molar-refractivity contribution in [2.24, 2.45) is 5.73 Å². The van der Waals surface area contributed by atoms with E-state index in [9.17, 15) is 14.4 Å². The normalized spacial score (nSPS) is 27.4. The number of nitrogens with two attached hydrogens (primary N) is 1. The molecule has 8 heteroatoms. The number of benzene rings is 1. The van der Waals surface area contributed by atoms with Crippen molar-refractivity contribution in [1.82, 2.24) is 15.5 Å². The maximum absolute atomic E-state index is 12.8. The van der Waals surface area contributed by atoms with Crippen LogP contribution in [-0.4, -0.2) is 53.5 Å². The molecule has 3 amide bonds. The van der Waals surface area contributed by atoms with Gasteiger partial charge in [-0.1, -0.05) is 30.3 Å². The Morgan fingerprint density at radius 2 is 1.93 bits per heavy atom. The lowest BCUT2D eigenvalue weighted by Crippen LogP contribution is -2.57. The number of carbonyl (C=O) groups is 3. The van der Waals surface area contributed by atoms with E-state index in [0.717, 1.165) is 18.4 Å². The fourth-order valence-corrected chi connectivity index (χ4v) is 4.05. The summed E-state index contributed by atoms with van der Waals surface area (Å²) in [6.07, 6.45) is 2.11. The maximum Gasteiger partial charge on any atom is 0.408 e. The van der Waals surface area contributed by atoms with E-state index in [1.165, 1.54) is 6.92 Å². The van der Waals surface area contributed by atoms with E-state index < -0.39 is 12.1 Å². The largest absolute Gasteiger partial charge is 0.445 e. The van der Waals surface area contributed by atoms with Gasteiger partial charge in [0.25, 0.3) is 0 Å². The molecule has 4 atom stereocenters. The van der Waals surface area contributed by atoms with Gasteiger partial charge < -0.3 is 26.0 Å². The molecule has 1 aliphatic carbocycles. The van der Waals surface area contributed by atoms with E-state index in [1.807, 2.05) is 30.3 Å². The fourth-order valence-electron chi connectivity index (χ4n) is 4.05. The Morgan fingerprint density at radius 3 is 2.64 bits per heavy atom. The van der Waals surface area contributed by atoms with Crippen LogP contribution in [0.5, 0.6) is 0 Å². The summed E-state index contributed by atoms with van der Waals surface area (Å²) in [4.78, 5) is 38.2. The number of nitrogens with one attached hydrogen (secondary N) is 2. The smallest absolute Gasteiger partial charge is 0.408 e. The van der Waals surface area contributed by atoms with Crippen LogP contribution >= 0.6 is 0 Å². The fraction of sp³-hybridized carbons (Fsp3) is 0.550. The first-order valence-corrected chi connectivity index (χ1v) is 9.74. The molecule has 1 saturated carbocycles.